The number of carbonyl (C=O) groups is 1. The summed E-state index contributed by atoms with van der Waals surface area (Å²) in [5.74, 6) is -0.0466. The van der Waals surface area contributed by atoms with E-state index in [-0.39, 0.29) is 17.7 Å². The number of nitrogens with zero attached hydrogens (tertiary/aromatic N) is 2. The van der Waals surface area contributed by atoms with Crippen LogP contribution in [0.5, 0.6) is 5.88 Å². The van der Waals surface area contributed by atoms with Gasteiger partial charge in [0, 0.05) is 18.8 Å². The SMILES string of the molecule is O=C(Oc1ccccn1)N1CCc2ccccc2C1c1ccc(F)cc1. The van der Waals surface area contributed by atoms with Crippen LogP contribution in [-0.4, -0.2) is 22.5 Å². The zero-order valence-electron chi connectivity index (χ0n) is 14.0. The Morgan fingerprint density at radius 1 is 1.04 bits per heavy atom. The zero-order valence-corrected chi connectivity index (χ0v) is 14.0. The number of hydrogen-bond donors (Lipinski definition) is 0. The fraction of sp³-hybridized carbons (Fsp3) is 0.143. The summed E-state index contributed by atoms with van der Waals surface area (Å²) < 4.78 is 18.8. The van der Waals surface area contributed by atoms with Gasteiger partial charge in [-0.15, -0.1) is 0 Å². The highest BCUT2D eigenvalue weighted by molar-refractivity contribution is 5.72. The molecular formula is C21H17FN2O2. The Kier molecular flexibility index (Phi) is 4.35. The van der Waals surface area contributed by atoms with Crippen molar-refractivity contribution >= 4 is 6.09 Å². The molecule has 2 aromatic carbocycles. The summed E-state index contributed by atoms with van der Waals surface area (Å²) in [6.07, 6.45) is 1.85. The maximum atomic E-state index is 13.4. The van der Waals surface area contributed by atoms with Crippen LogP contribution in [0.3, 0.4) is 0 Å². The van der Waals surface area contributed by atoms with Crippen LogP contribution >= 0.6 is 0 Å². The number of amides is 1. The minimum Gasteiger partial charge on any atom is -0.391 e. The molecule has 1 aliphatic heterocycles. The molecule has 0 N–H and O–H groups in total. The van der Waals surface area contributed by atoms with Gasteiger partial charge in [0.05, 0.1) is 6.04 Å². The molecule has 0 radical (unpaired) electrons. The number of hydrogen-bond acceptors (Lipinski definition) is 3. The molecule has 0 saturated heterocycles. The van der Waals surface area contributed by atoms with E-state index in [1.165, 1.54) is 17.7 Å². The molecule has 0 saturated carbocycles. The van der Waals surface area contributed by atoms with Gasteiger partial charge in [-0.25, -0.2) is 14.2 Å². The number of halogens is 1. The molecule has 1 aliphatic rings. The number of carbonyl (C=O) groups excluding carboxylic acids is 1. The summed E-state index contributed by atoms with van der Waals surface area (Å²) >= 11 is 0. The van der Waals surface area contributed by atoms with E-state index in [4.69, 9.17) is 4.74 Å². The predicted molar refractivity (Wildman–Crippen MR) is 95.4 cm³/mol. The summed E-state index contributed by atoms with van der Waals surface area (Å²) in [4.78, 5) is 18.5. The third-order valence-electron chi connectivity index (χ3n) is 4.53. The van der Waals surface area contributed by atoms with Crippen molar-refractivity contribution in [3.8, 4) is 5.88 Å². The highest BCUT2D eigenvalue weighted by Gasteiger charge is 2.33. The summed E-state index contributed by atoms with van der Waals surface area (Å²) in [6, 6.07) is 19.1. The number of pyridine rings is 1. The van der Waals surface area contributed by atoms with Crippen molar-refractivity contribution in [3.05, 3.63) is 95.4 Å². The molecule has 0 spiro atoms. The van der Waals surface area contributed by atoms with E-state index in [2.05, 4.69) is 11.1 Å². The van der Waals surface area contributed by atoms with Crippen molar-refractivity contribution in [2.45, 2.75) is 12.5 Å². The number of benzene rings is 2. The normalized spacial score (nSPS) is 16.0. The Labute approximate surface area is 150 Å². The van der Waals surface area contributed by atoms with Crippen LogP contribution in [0, 0.1) is 5.82 Å². The summed E-state index contributed by atoms with van der Waals surface area (Å²) in [5, 5.41) is 0. The predicted octanol–water partition coefficient (Wildman–Crippen LogP) is 4.37. The molecule has 1 amide bonds. The quantitative estimate of drug-likeness (QED) is 0.691. The zero-order chi connectivity index (χ0) is 17.9. The van der Waals surface area contributed by atoms with Gasteiger partial charge in [-0.1, -0.05) is 42.5 Å². The first-order chi connectivity index (χ1) is 12.7. The van der Waals surface area contributed by atoms with E-state index in [1.807, 2.05) is 18.2 Å². The fourth-order valence-corrected chi connectivity index (χ4v) is 3.32. The van der Waals surface area contributed by atoms with Crippen LogP contribution in [0.4, 0.5) is 9.18 Å². The highest BCUT2D eigenvalue weighted by Crippen LogP contribution is 2.35. The highest BCUT2D eigenvalue weighted by atomic mass is 19.1. The third kappa shape index (κ3) is 3.16. The maximum Gasteiger partial charge on any atom is 0.417 e. The molecule has 4 rings (SSSR count). The van der Waals surface area contributed by atoms with Crippen molar-refractivity contribution < 1.29 is 13.9 Å². The van der Waals surface area contributed by atoms with Gasteiger partial charge in [0.15, 0.2) is 0 Å². The first-order valence-electron chi connectivity index (χ1n) is 8.45. The molecule has 26 heavy (non-hydrogen) atoms. The molecule has 0 bridgehead atoms. The average molecular weight is 348 g/mol. The van der Waals surface area contributed by atoms with Gasteiger partial charge in [0.2, 0.25) is 5.88 Å². The van der Waals surface area contributed by atoms with Crippen LogP contribution < -0.4 is 4.74 Å². The lowest BCUT2D eigenvalue weighted by atomic mass is 9.88. The van der Waals surface area contributed by atoms with E-state index in [0.717, 1.165) is 17.5 Å². The van der Waals surface area contributed by atoms with Crippen molar-refractivity contribution in [1.29, 1.82) is 0 Å². The van der Waals surface area contributed by atoms with E-state index in [0.29, 0.717) is 6.54 Å². The van der Waals surface area contributed by atoms with Crippen LogP contribution in [0.1, 0.15) is 22.7 Å². The van der Waals surface area contributed by atoms with Crippen LogP contribution in [0.25, 0.3) is 0 Å². The largest absolute Gasteiger partial charge is 0.417 e. The molecule has 4 nitrogen and oxygen atoms in total. The lowest BCUT2D eigenvalue weighted by molar-refractivity contribution is 0.134. The topological polar surface area (TPSA) is 42.4 Å². The minimum atomic E-state index is -0.465. The molecule has 1 atom stereocenters. The smallest absolute Gasteiger partial charge is 0.391 e. The van der Waals surface area contributed by atoms with Crippen molar-refractivity contribution in [2.75, 3.05) is 6.54 Å². The Morgan fingerprint density at radius 3 is 2.58 bits per heavy atom. The van der Waals surface area contributed by atoms with Crippen molar-refractivity contribution in [1.82, 2.24) is 9.88 Å². The first kappa shape index (κ1) is 16.3. The summed E-state index contributed by atoms with van der Waals surface area (Å²) in [7, 11) is 0. The maximum absolute atomic E-state index is 13.4. The Hall–Kier alpha value is -3.21. The van der Waals surface area contributed by atoms with Crippen LogP contribution in [-0.2, 0) is 6.42 Å². The van der Waals surface area contributed by atoms with E-state index >= 15 is 0 Å². The summed E-state index contributed by atoms with van der Waals surface area (Å²) in [5.41, 5.74) is 3.06. The average Bonchev–Trinajstić information content (AvgIpc) is 2.68. The van der Waals surface area contributed by atoms with Gasteiger partial charge in [0.25, 0.3) is 0 Å². The molecule has 1 unspecified atom stereocenters. The number of fused-ring (bicyclic) bond motifs is 1. The monoisotopic (exact) mass is 348 g/mol. The molecule has 5 heteroatoms. The van der Waals surface area contributed by atoms with Crippen molar-refractivity contribution in [3.63, 3.8) is 0 Å². The molecule has 0 fully saturated rings. The first-order valence-corrected chi connectivity index (χ1v) is 8.45. The molecule has 1 aromatic heterocycles. The lowest BCUT2D eigenvalue weighted by Crippen LogP contribution is -2.42. The Balaban J connectivity index is 1.71. The minimum absolute atomic E-state index is 0.259. The summed E-state index contributed by atoms with van der Waals surface area (Å²) in [6.45, 7) is 0.519. The molecular weight excluding hydrogens is 331 g/mol. The molecule has 130 valence electrons. The number of rotatable bonds is 2. The lowest BCUT2D eigenvalue weighted by Gasteiger charge is -2.36. The van der Waals surface area contributed by atoms with Crippen molar-refractivity contribution in [2.24, 2.45) is 0 Å². The van der Waals surface area contributed by atoms with E-state index < -0.39 is 6.09 Å². The van der Waals surface area contributed by atoms with E-state index in [9.17, 15) is 9.18 Å². The Morgan fingerprint density at radius 2 is 1.81 bits per heavy atom. The number of aromatic nitrogens is 1. The van der Waals surface area contributed by atoms with Gasteiger partial charge < -0.3 is 4.74 Å². The second kappa shape index (κ2) is 6.96. The van der Waals surface area contributed by atoms with Crippen LogP contribution in [0.2, 0.25) is 0 Å². The second-order valence-corrected chi connectivity index (χ2v) is 6.13. The van der Waals surface area contributed by atoms with Gasteiger partial charge in [0.1, 0.15) is 5.82 Å². The van der Waals surface area contributed by atoms with Gasteiger partial charge >= 0.3 is 6.09 Å². The number of ether oxygens (including phenoxy) is 1. The third-order valence-corrected chi connectivity index (χ3v) is 4.53. The van der Waals surface area contributed by atoms with Crippen LogP contribution in [0.15, 0.2) is 72.9 Å². The second-order valence-electron chi connectivity index (χ2n) is 6.13. The fourth-order valence-electron chi connectivity index (χ4n) is 3.32. The van der Waals surface area contributed by atoms with Gasteiger partial charge in [-0.05, 0) is 41.3 Å². The van der Waals surface area contributed by atoms with Gasteiger partial charge in [-0.2, -0.15) is 0 Å². The van der Waals surface area contributed by atoms with E-state index in [1.54, 1.807) is 41.4 Å². The molecule has 3 aromatic rings. The van der Waals surface area contributed by atoms with Gasteiger partial charge in [-0.3, -0.25) is 4.90 Å². The Bertz CT molecular complexity index is 913. The standard InChI is InChI=1S/C21H17FN2O2/c22-17-10-8-16(9-11-17)20-18-6-2-1-5-15(18)12-14-24(20)21(25)26-19-7-3-4-13-23-19/h1-11,13,20H,12,14H2. The molecule has 2 heterocycles. The molecule has 0 aliphatic carbocycles.